The molecule has 1 saturated heterocycles. The van der Waals surface area contributed by atoms with Gasteiger partial charge in [0.15, 0.2) is 0 Å². The van der Waals surface area contributed by atoms with Gasteiger partial charge in [-0.25, -0.2) is 13.1 Å². The standard InChI is InChI=1S/C20H26N2O4S/c1-3-27(23,24)22-20-10-12-25-13-17(20)14-26-18-8-6-16(7-9-18)19-5-4-11-21-15(19)2/h4-9,11,17,20,22H,3,10,12-14H2,1-2H3. The smallest absolute Gasteiger partial charge is 0.211 e. The minimum atomic E-state index is -3.24. The first-order chi connectivity index (χ1) is 13.0. The average Bonchev–Trinajstić information content (AvgIpc) is 2.68. The molecule has 1 aromatic heterocycles. The minimum absolute atomic E-state index is 0.0136. The maximum atomic E-state index is 11.9. The van der Waals surface area contributed by atoms with Crippen molar-refractivity contribution >= 4 is 10.0 Å². The van der Waals surface area contributed by atoms with Gasteiger partial charge in [0.1, 0.15) is 5.75 Å². The molecule has 0 aliphatic carbocycles. The number of rotatable bonds is 7. The summed E-state index contributed by atoms with van der Waals surface area (Å²) in [5, 5.41) is 0. The molecule has 2 unspecified atom stereocenters. The second kappa shape index (κ2) is 8.82. The molecule has 146 valence electrons. The lowest BCUT2D eigenvalue weighted by atomic mass is 9.98. The Labute approximate surface area is 161 Å². The molecule has 2 aromatic rings. The predicted octanol–water partition coefficient (Wildman–Crippen LogP) is 2.78. The van der Waals surface area contributed by atoms with E-state index in [1.54, 1.807) is 13.1 Å². The third kappa shape index (κ3) is 5.28. The zero-order chi connectivity index (χ0) is 19.3. The summed E-state index contributed by atoms with van der Waals surface area (Å²) < 4.78 is 38.0. The van der Waals surface area contributed by atoms with E-state index in [0.717, 1.165) is 22.6 Å². The molecule has 0 bridgehead atoms. The van der Waals surface area contributed by atoms with Crippen molar-refractivity contribution in [1.29, 1.82) is 0 Å². The van der Waals surface area contributed by atoms with Gasteiger partial charge in [-0.2, -0.15) is 0 Å². The first kappa shape index (κ1) is 19.8. The summed E-state index contributed by atoms with van der Waals surface area (Å²) >= 11 is 0. The molecular formula is C20H26N2O4S. The Bertz CT molecular complexity index is 853. The summed E-state index contributed by atoms with van der Waals surface area (Å²) in [7, 11) is -3.24. The number of aryl methyl sites for hydroxylation is 1. The number of hydrogen-bond donors (Lipinski definition) is 1. The predicted molar refractivity (Wildman–Crippen MR) is 105 cm³/mol. The first-order valence-corrected chi connectivity index (χ1v) is 10.9. The fourth-order valence-corrected chi connectivity index (χ4v) is 4.09. The van der Waals surface area contributed by atoms with Crippen molar-refractivity contribution < 1.29 is 17.9 Å². The molecular weight excluding hydrogens is 364 g/mol. The summed E-state index contributed by atoms with van der Waals surface area (Å²) in [5.74, 6) is 0.816. The lowest BCUT2D eigenvalue weighted by Crippen LogP contribution is -2.47. The normalized spacial score (nSPS) is 20.4. The van der Waals surface area contributed by atoms with Gasteiger partial charge in [0.2, 0.25) is 10.0 Å². The Hall–Kier alpha value is -1.96. The Morgan fingerprint density at radius 1 is 1.26 bits per heavy atom. The van der Waals surface area contributed by atoms with Crippen LogP contribution in [0.2, 0.25) is 0 Å². The molecule has 1 aromatic carbocycles. The lowest BCUT2D eigenvalue weighted by Gasteiger charge is -2.31. The van der Waals surface area contributed by atoms with E-state index in [1.165, 1.54) is 0 Å². The highest BCUT2D eigenvalue weighted by Crippen LogP contribution is 2.25. The summed E-state index contributed by atoms with van der Waals surface area (Å²) in [5.41, 5.74) is 3.16. The van der Waals surface area contributed by atoms with Crippen molar-refractivity contribution in [3.05, 3.63) is 48.3 Å². The van der Waals surface area contributed by atoms with Gasteiger partial charge in [0.25, 0.3) is 0 Å². The van der Waals surface area contributed by atoms with Crippen LogP contribution in [0.15, 0.2) is 42.6 Å². The van der Waals surface area contributed by atoms with Gasteiger partial charge in [-0.1, -0.05) is 18.2 Å². The molecule has 0 spiro atoms. The Morgan fingerprint density at radius 3 is 2.74 bits per heavy atom. The van der Waals surface area contributed by atoms with E-state index in [4.69, 9.17) is 9.47 Å². The third-order valence-corrected chi connectivity index (χ3v) is 6.24. The molecule has 0 radical (unpaired) electrons. The molecule has 2 atom stereocenters. The number of hydrogen-bond acceptors (Lipinski definition) is 5. The minimum Gasteiger partial charge on any atom is -0.493 e. The number of benzene rings is 1. The number of nitrogens with zero attached hydrogens (tertiary/aromatic N) is 1. The van der Waals surface area contributed by atoms with E-state index in [1.807, 2.05) is 43.3 Å². The summed E-state index contributed by atoms with van der Waals surface area (Å²) in [6.07, 6.45) is 2.44. The third-order valence-electron chi connectivity index (χ3n) is 4.82. The Kier molecular flexibility index (Phi) is 6.46. The van der Waals surface area contributed by atoms with Crippen LogP contribution in [0.25, 0.3) is 11.1 Å². The van der Waals surface area contributed by atoms with Gasteiger partial charge >= 0.3 is 0 Å². The van der Waals surface area contributed by atoms with Crippen molar-refractivity contribution in [3.8, 4) is 16.9 Å². The summed E-state index contributed by atoms with van der Waals surface area (Å²) in [4.78, 5) is 4.32. The van der Waals surface area contributed by atoms with Crippen LogP contribution in [0, 0.1) is 12.8 Å². The molecule has 1 N–H and O–H groups in total. The van der Waals surface area contributed by atoms with E-state index in [9.17, 15) is 8.42 Å². The number of ether oxygens (including phenoxy) is 2. The van der Waals surface area contributed by atoms with Gasteiger partial charge in [-0.15, -0.1) is 0 Å². The van der Waals surface area contributed by atoms with Crippen LogP contribution in [0.4, 0.5) is 0 Å². The average molecular weight is 391 g/mol. The molecule has 1 fully saturated rings. The molecule has 2 heterocycles. The summed E-state index contributed by atoms with van der Waals surface area (Å²) in [6, 6.07) is 11.7. The van der Waals surface area contributed by atoms with E-state index in [0.29, 0.717) is 26.2 Å². The van der Waals surface area contributed by atoms with Crippen LogP contribution in [0.1, 0.15) is 19.0 Å². The van der Waals surface area contributed by atoms with Crippen molar-refractivity contribution in [3.63, 3.8) is 0 Å². The Balaban J connectivity index is 1.62. The van der Waals surface area contributed by atoms with Gasteiger partial charge in [-0.3, -0.25) is 4.98 Å². The van der Waals surface area contributed by atoms with E-state index in [2.05, 4.69) is 9.71 Å². The van der Waals surface area contributed by atoms with Crippen LogP contribution in [-0.2, 0) is 14.8 Å². The highest BCUT2D eigenvalue weighted by atomic mass is 32.2. The molecule has 6 nitrogen and oxygen atoms in total. The molecule has 1 aliphatic rings. The molecule has 3 rings (SSSR count). The van der Waals surface area contributed by atoms with E-state index < -0.39 is 10.0 Å². The SMILES string of the molecule is CCS(=O)(=O)NC1CCOCC1COc1ccc(-c2cccnc2C)cc1. The zero-order valence-corrected chi connectivity index (χ0v) is 16.5. The molecule has 0 saturated carbocycles. The monoisotopic (exact) mass is 390 g/mol. The Morgan fingerprint density at radius 2 is 2.04 bits per heavy atom. The maximum Gasteiger partial charge on any atom is 0.211 e. The van der Waals surface area contributed by atoms with Crippen LogP contribution in [-0.4, -0.2) is 45.0 Å². The first-order valence-electron chi connectivity index (χ1n) is 9.21. The fourth-order valence-electron chi connectivity index (χ4n) is 3.15. The van der Waals surface area contributed by atoms with Crippen LogP contribution < -0.4 is 9.46 Å². The van der Waals surface area contributed by atoms with Crippen LogP contribution in [0.3, 0.4) is 0 Å². The van der Waals surface area contributed by atoms with Gasteiger partial charge in [0, 0.05) is 36.0 Å². The second-order valence-corrected chi connectivity index (χ2v) is 8.77. The van der Waals surface area contributed by atoms with Crippen molar-refractivity contribution in [2.24, 2.45) is 5.92 Å². The number of aromatic nitrogens is 1. The highest BCUT2D eigenvalue weighted by molar-refractivity contribution is 7.89. The lowest BCUT2D eigenvalue weighted by molar-refractivity contribution is 0.0186. The van der Waals surface area contributed by atoms with E-state index in [-0.39, 0.29) is 17.7 Å². The largest absolute Gasteiger partial charge is 0.493 e. The van der Waals surface area contributed by atoms with Gasteiger partial charge < -0.3 is 9.47 Å². The number of sulfonamides is 1. The summed E-state index contributed by atoms with van der Waals surface area (Å²) in [6.45, 7) is 5.08. The van der Waals surface area contributed by atoms with Crippen molar-refractivity contribution in [2.75, 3.05) is 25.6 Å². The van der Waals surface area contributed by atoms with E-state index >= 15 is 0 Å². The van der Waals surface area contributed by atoms with Gasteiger partial charge in [-0.05, 0) is 44.0 Å². The number of pyridine rings is 1. The molecule has 27 heavy (non-hydrogen) atoms. The molecule has 0 amide bonds. The van der Waals surface area contributed by atoms with Gasteiger partial charge in [0.05, 0.1) is 19.0 Å². The maximum absolute atomic E-state index is 11.9. The number of nitrogens with one attached hydrogen (secondary N) is 1. The quantitative estimate of drug-likeness (QED) is 0.787. The van der Waals surface area contributed by atoms with Crippen LogP contribution >= 0.6 is 0 Å². The second-order valence-electron chi connectivity index (χ2n) is 6.72. The topological polar surface area (TPSA) is 77.5 Å². The highest BCUT2D eigenvalue weighted by Gasteiger charge is 2.29. The molecule has 7 heteroatoms. The zero-order valence-electron chi connectivity index (χ0n) is 15.7. The van der Waals surface area contributed by atoms with Crippen LogP contribution in [0.5, 0.6) is 5.75 Å². The molecule has 1 aliphatic heterocycles. The van der Waals surface area contributed by atoms with Crippen molar-refractivity contribution in [2.45, 2.75) is 26.3 Å². The fraction of sp³-hybridized carbons (Fsp3) is 0.450. The van der Waals surface area contributed by atoms with Crippen molar-refractivity contribution in [1.82, 2.24) is 9.71 Å².